The minimum Gasteiger partial charge on any atom is -0.381 e. The van der Waals surface area contributed by atoms with Crippen molar-refractivity contribution in [3.63, 3.8) is 0 Å². The van der Waals surface area contributed by atoms with Crippen LogP contribution in [-0.2, 0) is 5.60 Å². The van der Waals surface area contributed by atoms with Crippen molar-refractivity contribution in [3.8, 4) is 21.1 Å². The molecule has 0 amide bonds. The van der Waals surface area contributed by atoms with Gasteiger partial charge in [-0.15, -0.1) is 22.7 Å². The van der Waals surface area contributed by atoms with Gasteiger partial charge in [0, 0.05) is 32.0 Å². The molecule has 0 saturated heterocycles. The summed E-state index contributed by atoms with van der Waals surface area (Å²) in [5.74, 6) is 0. The Morgan fingerprint density at radius 1 is 0.657 bits per heavy atom. The van der Waals surface area contributed by atoms with Crippen LogP contribution in [0.4, 0.5) is 0 Å². The fraction of sp³-hybridized carbons (Fsp3) is 0.133. The third-order valence-electron chi connectivity index (χ3n) is 6.57. The second kappa shape index (κ2) is 8.38. The van der Waals surface area contributed by atoms with Crippen LogP contribution in [0.15, 0.2) is 84.9 Å². The van der Waals surface area contributed by atoms with Gasteiger partial charge in [0.25, 0.3) is 0 Å². The van der Waals surface area contributed by atoms with Crippen LogP contribution in [-0.4, -0.2) is 15.1 Å². The molecule has 0 fully saturated rings. The topological polar surface area (TPSA) is 46.0 Å². The number of aliphatic hydroxyl groups is 1. The van der Waals surface area contributed by atoms with Crippen LogP contribution in [0, 0.1) is 13.8 Å². The summed E-state index contributed by atoms with van der Waals surface area (Å²) in [6, 6.07) is 28.6. The van der Waals surface area contributed by atoms with E-state index < -0.39 is 5.60 Å². The summed E-state index contributed by atoms with van der Waals surface area (Å²) in [6.45, 7) is 6.09. The second-order valence-corrected chi connectivity index (χ2v) is 11.4. The standard InChI is InChI=1S/C30H24N2OS2/c1-18-26(31-28(34-18)20-12-6-4-7-13-20)24-22-16-10-11-17-23(22)30(3,33)25(24)27-19(2)35-29(32-27)21-14-8-5-9-15-21/h4-17,33H,1-3H3/t30-/m0/s1. The molecule has 0 aliphatic heterocycles. The van der Waals surface area contributed by atoms with Gasteiger partial charge < -0.3 is 5.11 Å². The third kappa shape index (κ3) is 3.59. The molecule has 0 bridgehead atoms. The Morgan fingerprint density at radius 3 is 1.74 bits per heavy atom. The van der Waals surface area contributed by atoms with Crippen molar-refractivity contribution in [1.82, 2.24) is 9.97 Å². The Hall–Kier alpha value is -3.38. The van der Waals surface area contributed by atoms with Crippen molar-refractivity contribution in [2.45, 2.75) is 26.4 Å². The summed E-state index contributed by atoms with van der Waals surface area (Å²) < 4.78 is 0. The Bertz CT molecular complexity index is 1580. The number of thiazole rings is 2. The largest absolute Gasteiger partial charge is 0.381 e. The molecule has 1 aliphatic carbocycles. The van der Waals surface area contributed by atoms with Crippen LogP contribution < -0.4 is 0 Å². The lowest BCUT2D eigenvalue weighted by molar-refractivity contribution is 0.125. The van der Waals surface area contributed by atoms with Crippen LogP contribution in [0.5, 0.6) is 0 Å². The predicted octanol–water partition coefficient (Wildman–Crippen LogP) is 7.73. The van der Waals surface area contributed by atoms with E-state index in [-0.39, 0.29) is 0 Å². The molecule has 0 unspecified atom stereocenters. The van der Waals surface area contributed by atoms with E-state index >= 15 is 0 Å². The third-order valence-corrected chi connectivity index (χ3v) is 8.61. The number of hydrogen-bond acceptors (Lipinski definition) is 5. The van der Waals surface area contributed by atoms with Crippen molar-refractivity contribution < 1.29 is 5.11 Å². The zero-order valence-corrected chi connectivity index (χ0v) is 21.4. The zero-order valence-electron chi connectivity index (χ0n) is 19.7. The fourth-order valence-corrected chi connectivity index (χ4v) is 6.75. The minimum atomic E-state index is -1.18. The summed E-state index contributed by atoms with van der Waals surface area (Å²) >= 11 is 3.35. The van der Waals surface area contributed by atoms with Crippen molar-refractivity contribution in [2.24, 2.45) is 0 Å². The first-order valence-corrected chi connectivity index (χ1v) is 13.2. The Morgan fingerprint density at radius 2 is 1.14 bits per heavy atom. The summed E-state index contributed by atoms with van der Waals surface area (Å²) in [4.78, 5) is 12.4. The van der Waals surface area contributed by atoms with Crippen LogP contribution in [0.2, 0.25) is 0 Å². The Kier molecular flexibility index (Phi) is 5.29. The monoisotopic (exact) mass is 492 g/mol. The summed E-state index contributed by atoms with van der Waals surface area (Å²) in [5, 5.41) is 13.9. The quantitative estimate of drug-likeness (QED) is 0.279. The van der Waals surface area contributed by atoms with Gasteiger partial charge in [0.15, 0.2) is 0 Å². The van der Waals surface area contributed by atoms with Gasteiger partial charge in [0.2, 0.25) is 0 Å². The average molecular weight is 493 g/mol. The Balaban J connectivity index is 1.61. The molecule has 2 aromatic heterocycles. The van der Waals surface area contributed by atoms with E-state index in [4.69, 9.17) is 9.97 Å². The molecule has 2 heterocycles. The highest BCUT2D eigenvalue weighted by Crippen LogP contribution is 2.53. The van der Waals surface area contributed by atoms with Crippen LogP contribution in [0.25, 0.3) is 32.3 Å². The fourth-order valence-electron chi connectivity index (χ4n) is 4.90. The molecule has 6 rings (SSSR count). The molecule has 3 nitrogen and oxygen atoms in total. The predicted molar refractivity (Wildman–Crippen MR) is 147 cm³/mol. The number of hydrogen-bond donors (Lipinski definition) is 1. The molecule has 5 heteroatoms. The molecule has 3 aromatic carbocycles. The lowest BCUT2D eigenvalue weighted by Crippen LogP contribution is -2.21. The first-order chi connectivity index (χ1) is 16.9. The summed E-state index contributed by atoms with van der Waals surface area (Å²) in [6.07, 6.45) is 0. The van der Waals surface area contributed by atoms with Crippen LogP contribution in [0.1, 0.15) is 39.2 Å². The molecule has 1 aliphatic rings. The average Bonchev–Trinajstić information content (AvgIpc) is 3.52. The van der Waals surface area contributed by atoms with Gasteiger partial charge in [0.1, 0.15) is 15.6 Å². The van der Waals surface area contributed by atoms with Crippen molar-refractivity contribution in [2.75, 3.05) is 0 Å². The van der Waals surface area contributed by atoms with Gasteiger partial charge in [-0.2, -0.15) is 0 Å². The summed E-state index contributed by atoms with van der Waals surface area (Å²) in [5.41, 5.74) is 6.51. The maximum absolute atomic E-state index is 12.0. The molecular weight excluding hydrogens is 468 g/mol. The van der Waals surface area contributed by atoms with E-state index in [9.17, 15) is 5.11 Å². The molecule has 1 atom stereocenters. The highest BCUT2D eigenvalue weighted by molar-refractivity contribution is 7.15. The maximum atomic E-state index is 12.0. The van der Waals surface area contributed by atoms with E-state index in [1.54, 1.807) is 22.7 Å². The van der Waals surface area contributed by atoms with E-state index in [0.717, 1.165) is 64.6 Å². The SMILES string of the molecule is Cc1sc(-c2ccccc2)nc1C1=C(c2nc(-c3ccccc3)sc2C)[C@@](C)(O)c2ccccc21. The van der Waals surface area contributed by atoms with Gasteiger partial charge in [-0.25, -0.2) is 9.97 Å². The molecular formula is C30H24N2OS2. The number of aromatic nitrogens is 2. The van der Waals surface area contributed by atoms with Crippen LogP contribution >= 0.6 is 22.7 Å². The van der Waals surface area contributed by atoms with Crippen molar-refractivity contribution in [3.05, 3.63) is 117 Å². The lowest BCUT2D eigenvalue weighted by atomic mass is 9.90. The van der Waals surface area contributed by atoms with Crippen molar-refractivity contribution >= 4 is 33.8 Å². The van der Waals surface area contributed by atoms with Gasteiger partial charge in [0.05, 0.1) is 11.4 Å². The maximum Gasteiger partial charge on any atom is 0.124 e. The van der Waals surface area contributed by atoms with E-state index in [1.807, 2.05) is 61.5 Å². The number of fused-ring (bicyclic) bond motifs is 1. The zero-order chi connectivity index (χ0) is 24.2. The molecule has 35 heavy (non-hydrogen) atoms. The Labute approximate surface area is 213 Å². The van der Waals surface area contributed by atoms with E-state index in [0.29, 0.717) is 0 Å². The lowest BCUT2D eigenvalue weighted by Gasteiger charge is -2.22. The summed E-state index contributed by atoms with van der Waals surface area (Å²) in [7, 11) is 0. The van der Waals surface area contributed by atoms with Crippen molar-refractivity contribution in [1.29, 1.82) is 0 Å². The molecule has 0 saturated carbocycles. The second-order valence-electron chi connectivity index (χ2n) is 8.95. The van der Waals surface area contributed by atoms with Crippen LogP contribution in [0.3, 0.4) is 0 Å². The van der Waals surface area contributed by atoms with E-state index in [2.05, 4.69) is 44.2 Å². The number of aryl methyl sites for hydroxylation is 2. The van der Waals surface area contributed by atoms with Gasteiger partial charge in [-0.3, -0.25) is 0 Å². The smallest absolute Gasteiger partial charge is 0.124 e. The molecule has 5 aromatic rings. The number of rotatable bonds is 4. The van der Waals surface area contributed by atoms with Gasteiger partial charge >= 0.3 is 0 Å². The molecule has 0 spiro atoms. The van der Waals surface area contributed by atoms with Gasteiger partial charge in [-0.05, 0) is 31.9 Å². The van der Waals surface area contributed by atoms with E-state index in [1.165, 1.54) is 0 Å². The molecule has 0 radical (unpaired) electrons. The number of benzene rings is 3. The number of nitrogens with zero attached hydrogens (tertiary/aromatic N) is 2. The first-order valence-electron chi connectivity index (χ1n) is 11.6. The normalized spacial score (nSPS) is 17.1. The van der Waals surface area contributed by atoms with Gasteiger partial charge in [-0.1, -0.05) is 84.9 Å². The highest BCUT2D eigenvalue weighted by Gasteiger charge is 2.43. The highest BCUT2D eigenvalue weighted by atomic mass is 32.1. The first kappa shape index (κ1) is 22.1. The minimum absolute atomic E-state index is 0.836. The molecule has 172 valence electrons. The molecule has 1 N–H and O–H groups in total.